The molecule has 0 spiro atoms. The Kier molecular flexibility index (Phi) is 5.99. The lowest BCUT2D eigenvalue weighted by Gasteiger charge is -2.42. The fourth-order valence-electron chi connectivity index (χ4n) is 4.37. The van der Waals surface area contributed by atoms with Gasteiger partial charge in [0, 0.05) is 44.7 Å². The maximum Gasteiger partial charge on any atom is 0.223 e. The maximum absolute atomic E-state index is 12.7. The van der Waals surface area contributed by atoms with Crippen LogP contribution >= 0.6 is 0 Å². The third kappa shape index (κ3) is 4.52. The summed E-state index contributed by atoms with van der Waals surface area (Å²) in [5, 5.41) is 28.7. The van der Waals surface area contributed by atoms with Crippen molar-refractivity contribution in [1.29, 1.82) is 0 Å². The summed E-state index contributed by atoms with van der Waals surface area (Å²) in [4.78, 5) is 14.7. The molecule has 4 atom stereocenters. The number of carbonyl (C=O) groups is 1. The number of amides is 1. The quantitative estimate of drug-likeness (QED) is 0.630. The molecule has 7 heteroatoms. The van der Waals surface area contributed by atoms with Crippen molar-refractivity contribution < 1.29 is 15.0 Å². The summed E-state index contributed by atoms with van der Waals surface area (Å²) in [6, 6.07) is 11.7. The van der Waals surface area contributed by atoms with E-state index < -0.39 is 12.2 Å². The smallest absolute Gasteiger partial charge is 0.223 e. The molecule has 1 aromatic heterocycles. The molecular weight excluding hydrogens is 368 g/mol. The van der Waals surface area contributed by atoms with E-state index >= 15 is 0 Å². The van der Waals surface area contributed by atoms with Gasteiger partial charge in [-0.05, 0) is 30.9 Å². The van der Waals surface area contributed by atoms with Crippen LogP contribution in [0, 0.1) is 0 Å². The van der Waals surface area contributed by atoms with Gasteiger partial charge in [0.2, 0.25) is 5.91 Å². The predicted molar refractivity (Wildman–Crippen MR) is 109 cm³/mol. The Morgan fingerprint density at radius 2 is 1.93 bits per heavy atom. The zero-order valence-electron chi connectivity index (χ0n) is 16.8. The van der Waals surface area contributed by atoms with Gasteiger partial charge < -0.3 is 20.4 Å². The number of hydrogen-bond donors (Lipinski definition) is 3. The Bertz CT molecular complexity index is 820. The molecule has 2 aromatic rings. The highest BCUT2D eigenvalue weighted by molar-refractivity contribution is 5.78. The minimum Gasteiger partial charge on any atom is -0.392 e. The highest BCUT2D eigenvalue weighted by Crippen LogP contribution is 2.40. The number of nitrogens with zero attached hydrogens (tertiary/aromatic N) is 3. The number of nitrogens with one attached hydrogen (secondary N) is 1. The van der Waals surface area contributed by atoms with E-state index in [1.807, 2.05) is 53.0 Å². The minimum atomic E-state index is -0.697. The summed E-state index contributed by atoms with van der Waals surface area (Å²) >= 11 is 0. The monoisotopic (exact) mass is 398 g/mol. The molecule has 1 saturated carbocycles. The molecule has 7 nitrogen and oxygen atoms in total. The van der Waals surface area contributed by atoms with Gasteiger partial charge in [-0.3, -0.25) is 9.48 Å². The molecule has 4 rings (SSSR count). The highest BCUT2D eigenvalue weighted by atomic mass is 16.3. The molecule has 1 saturated heterocycles. The molecule has 0 bridgehead atoms. The van der Waals surface area contributed by atoms with Crippen molar-refractivity contribution >= 4 is 5.91 Å². The van der Waals surface area contributed by atoms with Crippen LogP contribution in [0.2, 0.25) is 0 Å². The lowest BCUT2D eigenvalue weighted by Crippen LogP contribution is -2.53. The lowest BCUT2D eigenvalue weighted by atomic mass is 9.92. The summed E-state index contributed by atoms with van der Waals surface area (Å²) in [6.45, 7) is 0.371. The minimum absolute atomic E-state index is 0.0484. The second-order valence-electron chi connectivity index (χ2n) is 8.23. The number of aliphatic hydroxyl groups excluding tert-OH is 2. The SMILES string of the molecule is Cn1nccc1[C@@H]1[C@@H](NCC(O)CC(O)c2ccccc2)CCC(=O)N1C1CC1. The molecule has 3 N–H and O–H groups in total. The van der Waals surface area contributed by atoms with Crippen LogP contribution < -0.4 is 5.32 Å². The van der Waals surface area contributed by atoms with Crippen LogP contribution in [0.1, 0.15) is 55.5 Å². The van der Waals surface area contributed by atoms with Crippen LogP contribution in [0.25, 0.3) is 0 Å². The fourth-order valence-corrected chi connectivity index (χ4v) is 4.37. The van der Waals surface area contributed by atoms with Crippen LogP contribution in [0.15, 0.2) is 42.6 Å². The summed E-state index contributed by atoms with van der Waals surface area (Å²) in [5.74, 6) is 0.205. The standard InChI is InChI=1S/C22H30N4O3/c1-25-19(11-12-24-25)22-18(9-10-21(29)26(22)16-7-8-16)23-14-17(27)13-20(28)15-5-3-2-4-6-15/h2-6,11-12,16-18,20,22-23,27-28H,7-10,13-14H2,1H3/t17?,18-,20?,22-/m0/s1. The molecule has 1 amide bonds. The molecule has 1 aliphatic carbocycles. The fraction of sp³-hybridized carbons (Fsp3) is 0.545. The number of rotatable bonds is 8. The normalized spacial score (nSPS) is 24.5. The molecular formula is C22H30N4O3. The summed E-state index contributed by atoms with van der Waals surface area (Å²) < 4.78 is 1.84. The Balaban J connectivity index is 1.42. The van der Waals surface area contributed by atoms with Gasteiger partial charge in [0.15, 0.2) is 0 Å². The summed E-state index contributed by atoms with van der Waals surface area (Å²) in [6.07, 6.45) is 4.02. The van der Waals surface area contributed by atoms with E-state index in [-0.39, 0.29) is 24.4 Å². The molecule has 2 aliphatic rings. The molecule has 1 aliphatic heterocycles. The van der Waals surface area contributed by atoms with Crippen molar-refractivity contribution in [2.24, 2.45) is 7.05 Å². The van der Waals surface area contributed by atoms with Gasteiger partial charge in [-0.15, -0.1) is 0 Å². The van der Waals surface area contributed by atoms with Gasteiger partial charge in [0.05, 0.1) is 23.9 Å². The number of benzene rings is 1. The first-order valence-corrected chi connectivity index (χ1v) is 10.5. The molecule has 1 aromatic carbocycles. The van der Waals surface area contributed by atoms with Crippen LogP contribution in [0.5, 0.6) is 0 Å². The van der Waals surface area contributed by atoms with E-state index in [9.17, 15) is 15.0 Å². The Morgan fingerprint density at radius 1 is 1.17 bits per heavy atom. The first-order chi connectivity index (χ1) is 14.0. The predicted octanol–water partition coefficient (Wildman–Crippen LogP) is 1.69. The first-order valence-electron chi connectivity index (χ1n) is 10.5. The molecule has 29 heavy (non-hydrogen) atoms. The van der Waals surface area contributed by atoms with Gasteiger partial charge in [-0.2, -0.15) is 5.10 Å². The number of hydrogen-bond acceptors (Lipinski definition) is 5. The highest BCUT2D eigenvalue weighted by Gasteiger charge is 2.45. The number of aliphatic hydroxyl groups is 2. The number of piperidine rings is 1. The number of aryl methyl sites for hydroxylation is 1. The van der Waals surface area contributed by atoms with E-state index in [1.54, 1.807) is 6.20 Å². The summed E-state index contributed by atoms with van der Waals surface area (Å²) in [5.41, 5.74) is 1.82. The van der Waals surface area contributed by atoms with E-state index in [0.717, 1.165) is 30.5 Å². The van der Waals surface area contributed by atoms with Crippen molar-refractivity contribution in [3.63, 3.8) is 0 Å². The Labute approximate surface area is 171 Å². The topological polar surface area (TPSA) is 90.6 Å². The van der Waals surface area contributed by atoms with Crippen molar-refractivity contribution in [1.82, 2.24) is 20.0 Å². The zero-order valence-corrected chi connectivity index (χ0v) is 16.8. The van der Waals surface area contributed by atoms with Crippen molar-refractivity contribution in [2.45, 2.75) is 62.4 Å². The van der Waals surface area contributed by atoms with Gasteiger partial charge in [0.25, 0.3) is 0 Å². The third-order valence-corrected chi connectivity index (χ3v) is 6.04. The number of likely N-dealkylation sites (tertiary alicyclic amines) is 1. The lowest BCUT2D eigenvalue weighted by molar-refractivity contribution is -0.139. The third-order valence-electron chi connectivity index (χ3n) is 6.04. The van der Waals surface area contributed by atoms with Gasteiger partial charge >= 0.3 is 0 Å². The Hall–Kier alpha value is -2.22. The largest absolute Gasteiger partial charge is 0.392 e. The van der Waals surface area contributed by atoms with Crippen molar-refractivity contribution in [3.05, 3.63) is 53.9 Å². The second-order valence-corrected chi connectivity index (χ2v) is 8.23. The molecule has 2 fully saturated rings. The number of carbonyl (C=O) groups excluding carboxylic acids is 1. The van der Waals surface area contributed by atoms with Crippen molar-refractivity contribution in [3.8, 4) is 0 Å². The molecule has 156 valence electrons. The Morgan fingerprint density at radius 3 is 2.59 bits per heavy atom. The molecule has 0 radical (unpaired) electrons. The maximum atomic E-state index is 12.7. The summed E-state index contributed by atoms with van der Waals surface area (Å²) in [7, 11) is 1.90. The van der Waals surface area contributed by atoms with Crippen molar-refractivity contribution in [2.75, 3.05) is 6.54 Å². The zero-order chi connectivity index (χ0) is 20.4. The second kappa shape index (κ2) is 8.65. The van der Waals surface area contributed by atoms with Gasteiger partial charge in [-0.1, -0.05) is 30.3 Å². The van der Waals surface area contributed by atoms with E-state index in [1.165, 1.54) is 0 Å². The van der Waals surface area contributed by atoms with Gasteiger partial charge in [0.1, 0.15) is 0 Å². The number of aromatic nitrogens is 2. The first kappa shape index (κ1) is 20.1. The molecule has 2 heterocycles. The average molecular weight is 399 g/mol. The average Bonchev–Trinajstić information content (AvgIpc) is 3.47. The van der Waals surface area contributed by atoms with Crippen LogP contribution in [-0.2, 0) is 11.8 Å². The molecule has 2 unspecified atom stereocenters. The van der Waals surface area contributed by atoms with E-state index in [0.29, 0.717) is 19.0 Å². The van der Waals surface area contributed by atoms with Gasteiger partial charge in [-0.25, -0.2) is 0 Å². The van der Waals surface area contributed by atoms with E-state index in [4.69, 9.17) is 0 Å². The van der Waals surface area contributed by atoms with Crippen LogP contribution in [0.3, 0.4) is 0 Å². The van der Waals surface area contributed by atoms with Crippen LogP contribution in [0.4, 0.5) is 0 Å². The van der Waals surface area contributed by atoms with Crippen LogP contribution in [-0.4, -0.2) is 55.5 Å². The van der Waals surface area contributed by atoms with E-state index in [2.05, 4.69) is 10.4 Å².